The van der Waals surface area contributed by atoms with Gasteiger partial charge in [-0.25, -0.2) is 4.79 Å². The highest BCUT2D eigenvalue weighted by Crippen LogP contribution is 1.95. The Morgan fingerprint density at radius 3 is 2.45 bits per heavy atom. The molecule has 0 bridgehead atoms. The van der Waals surface area contributed by atoms with Gasteiger partial charge in [0.2, 0.25) is 0 Å². The average molecular weight is 162 g/mol. The summed E-state index contributed by atoms with van der Waals surface area (Å²) < 4.78 is 9.66. The van der Waals surface area contributed by atoms with Crippen LogP contribution in [0, 0.1) is 0 Å². The minimum absolute atomic E-state index is 0.348. The number of aliphatic carboxylic acids is 1. The smallest absolute Gasteiger partial charge is 0.361 e. The summed E-state index contributed by atoms with van der Waals surface area (Å²) in [7, 11) is 0. The van der Waals surface area contributed by atoms with Gasteiger partial charge >= 0.3 is 5.97 Å². The van der Waals surface area contributed by atoms with Crippen molar-refractivity contribution in [3.8, 4) is 0 Å². The molecular formula is C7H14O4. The first-order valence-corrected chi connectivity index (χ1v) is 3.68. The lowest BCUT2D eigenvalue weighted by Crippen LogP contribution is -2.27. The third-order valence-corrected chi connectivity index (χ3v) is 0.993. The van der Waals surface area contributed by atoms with E-state index in [1.165, 1.54) is 0 Å². The van der Waals surface area contributed by atoms with Crippen LogP contribution < -0.4 is 0 Å². The Bertz CT molecular complexity index is 113. The molecule has 0 aromatic rings. The summed E-state index contributed by atoms with van der Waals surface area (Å²) in [5.41, 5.74) is 0. The van der Waals surface area contributed by atoms with Gasteiger partial charge in [-0.2, -0.15) is 0 Å². The Balaban J connectivity index is 3.60. The maximum Gasteiger partial charge on any atom is 0.361 e. The first-order chi connectivity index (χ1) is 5.22. The van der Waals surface area contributed by atoms with E-state index in [2.05, 4.69) is 0 Å². The van der Waals surface area contributed by atoms with Gasteiger partial charge in [-0.05, 0) is 13.3 Å². The lowest BCUT2D eigenvalue weighted by molar-refractivity contribution is -0.188. The van der Waals surface area contributed by atoms with Crippen LogP contribution >= 0.6 is 0 Å². The maximum atomic E-state index is 10.3. The number of carboxylic acid groups (broad SMARTS) is 1. The van der Waals surface area contributed by atoms with Gasteiger partial charge < -0.3 is 14.6 Å². The Morgan fingerprint density at radius 1 is 1.45 bits per heavy atom. The molecule has 0 spiro atoms. The molecule has 0 fully saturated rings. The Morgan fingerprint density at radius 2 is 2.09 bits per heavy atom. The lowest BCUT2D eigenvalue weighted by Gasteiger charge is -2.11. The fraction of sp³-hybridized carbons (Fsp3) is 0.857. The summed E-state index contributed by atoms with van der Waals surface area (Å²) >= 11 is 0. The van der Waals surface area contributed by atoms with E-state index in [0.29, 0.717) is 13.2 Å². The Hall–Kier alpha value is -0.610. The molecule has 4 nitrogen and oxygen atoms in total. The van der Waals surface area contributed by atoms with Gasteiger partial charge in [-0.1, -0.05) is 6.92 Å². The summed E-state index contributed by atoms with van der Waals surface area (Å²) in [6, 6.07) is 0. The highest BCUT2D eigenvalue weighted by atomic mass is 16.7. The maximum absolute atomic E-state index is 10.3. The largest absolute Gasteiger partial charge is 0.477 e. The molecule has 1 unspecified atom stereocenters. The van der Waals surface area contributed by atoms with Crippen molar-refractivity contribution < 1.29 is 19.4 Å². The standard InChI is InChI=1S/C7H14O4/c1-3-5-11-7(6(8)9)10-4-2/h7H,3-5H2,1-2H3,(H,8,9). The second-order valence-electron chi connectivity index (χ2n) is 2.00. The van der Waals surface area contributed by atoms with Gasteiger partial charge in [-0.15, -0.1) is 0 Å². The van der Waals surface area contributed by atoms with Crippen molar-refractivity contribution in [2.75, 3.05) is 13.2 Å². The van der Waals surface area contributed by atoms with Crippen LogP contribution in [0.1, 0.15) is 20.3 Å². The van der Waals surface area contributed by atoms with E-state index in [-0.39, 0.29) is 0 Å². The van der Waals surface area contributed by atoms with E-state index in [1.54, 1.807) is 6.92 Å². The number of rotatable bonds is 6. The average Bonchev–Trinajstić information content (AvgIpc) is 1.97. The summed E-state index contributed by atoms with van der Waals surface area (Å²) in [4.78, 5) is 10.3. The van der Waals surface area contributed by atoms with Gasteiger partial charge in [0, 0.05) is 6.61 Å². The van der Waals surface area contributed by atoms with E-state index in [4.69, 9.17) is 14.6 Å². The highest BCUT2D eigenvalue weighted by molar-refractivity contribution is 5.70. The monoisotopic (exact) mass is 162 g/mol. The Labute approximate surface area is 66.1 Å². The highest BCUT2D eigenvalue weighted by Gasteiger charge is 2.16. The minimum Gasteiger partial charge on any atom is -0.477 e. The van der Waals surface area contributed by atoms with Crippen LogP contribution in [0.3, 0.4) is 0 Å². The second-order valence-corrected chi connectivity index (χ2v) is 2.00. The van der Waals surface area contributed by atoms with Gasteiger partial charge in [0.1, 0.15) is 0 Å². The molecule has 0 rings (SSSR count). The molecule has 0 heterocycles. The van der Waals surface area contributed by atoms with Crippen molar-refractivity contribution in [3.05, 3.63) is 0 Å². The van der Waals surface area contributed by atoms with Crippen LogP contribution in [0.25, 0.3) is 0 Å². The van der Waals surface area contributed by atoms with Crippen molar-refractivity contribution in [1.82, 2.24) is 0 Å². The molecule has 1 atom stereocenters. The summed E-state index contributed by atoms with van der Waals surface area (Å²) in [6.45, 7) is 4.40. The fourth-order valence-electron chi connectivity index (χ4n) is 0.567. The van der Waals surface area contributed by atoms with E-state index in [1.807, 2.05) is 6.92 Å². The lowest BCUT2D eigenvalue weighted by atomic mass is 10.5. The molecule has 0 amide bonds. The Kier molecular flexibility index (Phi) is 5.78. The predicted molar refractivity (Wildman–Crippen MR) is 39.3 cm³/mol. The number of hydrogen-bond donors (Lipinski definition) is 1. The third kappa shape index (κ3) is 4.75. The molecule has 11 heavy (non-hydrogen) atoms. The molecular weight excluding hydrogens is 148 g/mol. The van der Waals surface area contributed by atoms with Crippen molar-refractivity contribution in [1.29, 1.82) is 0 Å². The van der Waals surface area contributed by atoms with Crippen molar-refractivity contribution in [2.24, 2.45) is 0 Å². The normalized spacial score (nSPS) is 12.9. The third-order valence-electron chi connectivity index (χ3n) is 0.993. The van der Waals surface area contributed by atoms with E-state index >= 15 is 0 Å². The first-order valence-electron chi connectivity index (χ1n) is 3.68. The second kappa shape index (κ2) is 6.12. The van der Waals surface area contributed by atoms with Gasteiger partial charge in [0.15, 0.2) is 0 Å². The number of carbonyl (C=O) groups is 1. The molecule has 66 valence electrons. The first kappa shape index (κ1) is 10.4. The van der Waals surface area contributed by atoms with Gasteiger partial charge in [0.05, 0.1) is 6.61 Å². The van der Waals surface area contributed by atoms with Crippen LogP contribution in [-0.4, -0.2) is 30.6 Å². The van der Waals surface area contributed by atoms with E-state index < -0.39 is 12.3 Å². The molecule has 0 radical (unpaired) electrons. The minimum atomic E-state index is -1.10. The molecule has 0 aliphatic carbocycles. The predicted octanol–water partition coefficient (Wildman–Crippen LogP) is 0.860. The van der Waals surface area contributed by atoms with Gasteiger partial charge in [0.25, 0.3) is 6.29 Å². The van der Waals surface area contributed by atoms with Crippen molar-refractivity contribution in [2.45, 2.75) is 26.6 Å². The van der Waals surface area contributed by atoms with Crippen molar-refractivity contribution in [3.63, 3.8) is 0 Å². The fourth-order valence-corrected chi connectivity index (χ4v) is 0.567. The van der Waals surface area contributed by atoms with Crippen LogP contribution in [0.2, 0.25) is 0 Å². The zero-order chi connectivity index (χ0) is 8.69. The molecule has 4 heteroatoms. The number of hydrogen-bond acceptors (Lipinski definition) is 3. The zero-order valence-electron chi connectivity index (χ0n) is 6.87. The molecule has 0 saturated carbocycles. The van der Waals surface area contributed by atoms with Gasteiger partial charge in [-0.3, -0.25) is 0 Å². The summed E-state index contributed by atoms with van der Waals surface area (Å²) in [6.07, 6.45) is -0.309. The van der Waals surface area contributed by atoms with E-state index in [9.17, 15) is 4.79 Å². The summed E-state index contributed by atoms with van der Waals surface area (Å²) in [5.74, 6) is -1.07. The topological polar surface area (TPSA) is 55.8 Å². The molecule has 0 aliphatic heterocycles. The van der Waals surface area contributed by atoms with Crippen molar-refractivity contribution >= 4 is 5.97 Å². The zero-order valence-corrected chi connectivity index (χ0v) is 6.87. The van der Waals surface area contributed by atoms with Crippen LogP contribution in [0.4, 0.5) is 0 Å². The quantitative estimate of drug-likeness (QED) is 0.588. The van der Waals surface area contributed by atoms with Crippen LogP contribution in [-0.2, 0) is 14.3 Å². The summed E-state index contributed by atoms with van der Waals surface area (Å²) in [5, 5.41) is 8.48. The van der Waals surface area contributed by atoms with Crippen LogP contribution in [0.15, 0.2) is 0 Å². The van der Waals surface area contributed by atoms with Crippen LogP contribution in [0.5, 0.6) is 0 Å². The number of carboxylic acids is 1. The molecule has 0 aromatic heterocycles. The SMILES string of the molecule is CCCOC(OCC)C(=O)O. The van der Waals surface area contributed by atoms with E-state index in [0.717, 1.165) is 6.42 Å². The molecule has 0 aliphatic rings. The number of ether oxygens (including phenoxy) is 2. The molecule has 0 aromatic carbocycles. The molecule has 1 N–H and O–H groups in total. The molecule has 0 saturated heterocycles.